The second-order valence-corrected chi connectivity index (χ2v) is 13.4. The van der Waals surface area contributed by atoms with Gasteiger partial charge in [-0.3, -0.25) is 18.6 Å². The summed E-state index contributed by atoms with van der Waals surface area (Å²) in [7, 11) is -5.08. The van der Waals surface area contributed by atoms with Crippen LogP contribution in [0, 0.1) is 0 Å². The highest BCUT2D eigenvalue weighted by Gasteiger charge is 2.51. The number of unbranched alkanes of at least 4 members (excludes halogenated alkanes) is 14. The third kappa shape index (κ3) is 18.1. The first-order valence-corrected chi connectivity index (χ1v) is 18.3. The third-order valence-electron chi connectivity index (χ3n) is 7.95. The minimum Gasteiger partial charge on any atom is -0.462 e. The van der Waals surface area contributed by atoms with Gasteiger partial charge < -0.3 is 39.9 Å². The quantitative estimate of drug-likeness (QED) is 0.0440. The van der Waals surface area contributed by atoms with Crippen LogP contribution in [0.4, 0.5) is 0 Å². The van der Waals surface area contributed by atoms with E-state index in [1.165, 1.54) is 57.8 Å². The lowest BCUT2D eigenvalue weighted by molar-refractivity contribution is -0.220. The fourth-order valence-corrected chi connectivity index (χ4v) is 6.08. The highest BCUT2D eigenvalue weighted by atomic mass is 31.2. The molecular weight excluding hydrogens is 611 g/mol. The number of ether oxygens (including phenoxy) is 2. The number of phosphoric ester groups is 1. The van der Waals surface area contributed by atoms with Gasteiger partial charge in [0.1, 0.15) is 43.2 Å². The Morgan fingerprint density at radius 2 is 1.00 bits per heavy atom. The molecule has 1 aliphatic carbocycles. The SMILES string of the molecule is CCCCCCCCCCCCCCCC(=O)OC[C@H](COP(=O)(O)OC1C(O)C(O)C(O)C(O)C1O)OC(=O)CCCCC. The van der Waals surface area contributed by atoms with Gasteiger partial charge in [-0.05, 0) is 12.8 Å². The van der Waals surface area contributed by atoms with Gasteiger partial charge >= 0.3 is 19.8 Å². The second-order valence-electron chi connectivity index (χ2n) is 12.0. The molecule has 0 aromatic heterocycles. The molecule has 1 aliphatic rings. The summed E-state index contributed by atoms with van der Waals surface area (Å²) < 4.78 is 32.8. The molecule has 0 spiro atoms. The molecule has 266 valence electrons. The first kappa shape index (κ1) is 41.9. The van der Waals surface area contributed by atoms with Crippen molar-refractivity contribution in [3.63, 3.8) is 0 Å². The van der Waals surface area contributed by atoms with Gasteiger partial charge in [-0.1, -0.05) is 104 Å². The molecule has 1 rings (SSSR count). The first-order valence-electron chi connectivity index (χ1n) is 16.8. The minimum atomic E-state index is -5.08. The van der Waals surface area contributed by atoms with Crippen LogP contribution in [0.25, 0.3) is 0 Å². The molecule has 6 N–H and O–H groups in total. The molecule has 0 heterocycles. The number of aliphatic hydroxyl groups excluding tert-OH is 5. The summed E-state index contributed by atoms with van der Waals surface area (Å²) in [6, 6.07) is 0. The van der Waals surface area contributed by atoms with Crippen molar-refractivity contribution in [1.29, 1.82) is 0 Å². The van der Waals surface area contributed by atoms with Crippen LogP contribution >= 0.6 is 7.82 Å². The van der Waals surface area contributed by atoms with E-state index in [1.54, 1.807) is 0 Å². The summed E-state index contributed by atoms with van der Waals surface area (Å²) in [5.41, 5.74) is 0. The van der Waals surface area contributed by atoms with E-state index in [4.69, 9.17) is 18.5 Å². The van der Waals surface area contributed by atoms with Crippen LogP contribution in [-0.4, -0.2) is 98.3 Å². The third-order valence-corrected chi connectivity index (χ3v) is 8.93. The standard InChI is InChI=1S/C31H59O13P/c1-3-5-7-8-9-10-11-12-13-14-15-16-18-19-24(32)41-21-23(43-25(33)20-17-6-4-2)22-42-45(39,40)44-31-29(37)27(35)26(34)28(36)30(31)38/h23,26-31,34-38H,3-22H2,1-2H3,(H,39,40)/t23-,26?,27?,28?,29?,30?,31?/m1/s1. The summed E-state index contributed by atoms with van der Waals surface area (Å²) >= 11 is 0. The predicted octanol–water partition coefficient (Wildman–Crippen LogP) is 3.82. The number of hydrogen-bond donors (Lipinski definition) is 6. The average molecular weight is 671 g/mol. The molecule has 1 fully saturated rings. The number of rotatable bonds is 26. The number of aliphatic hydroxyl groups is 5. The van der Waals surface area contributed by atoms with E-state index in [-0.39, 0.29) is 12.8 Å². The summed E-state index contributed by atoms with van der Waals surface area (Å²) in [5, 5.41) is 49.5. The fraction of sp³-hybridized carbons (Fsp3) is 0.935. The van der Waals surface area contributed by atoms with E-state index in [0.717, 1.165) is 32.1 Å². The molecule has 0 saturated heterocycles. The maximum Gasteiger partial charge on any atom is 0.472 e. The zero-order valence-electron chi connectivity index (χ0n) is 27.2. The zero-order chi connectivity index (χ0) is 33.7. The van der Waals surface area contributed by atoms with E-state index in [9.17, 15) is 44.6 Å². The van der Waals surface area contributed by atoms with Crippen molar-refractivity contribution in [2.75, 3.05) is 13.2 Å². The molecule has 0 aromatic rings. The Labute approximate surface area is 268 Å². The van der Waals surface area contributed by atoms with Gasteiger partial charge in [0.25, 0.3) is 0 Å². The Morgan fingerprint density at radius 1 is 0.600 bits per heavy atom. The van der Waals surface area contributed by atoms with Crippen molar-refractivity contribution in [3.05, 3.63) is 0 Å². The normalized spacial score (nSPS) is 25.4. The van der Waals surface area contributed by atoms with Gasteiger partial charge in [0.05, 0.1) is 6.61 Å². The summed E-state index contributed by atoms with van der Waals surface area (Å²) in [5.74, 6) is -1.12. The summed E-state index contributed by atoms with van der Waals surface area (Å²) in [4.78, 5) is 34.8. The molecule has 0 aliphatic heterocycles. The fourth-order valence-electron chi connectivity index (χ4n) is 5.11. The van der Waals surface area contributed by atoms with Crippen molar-refractivity contribution in [1.82, 2.24) is 0 Å². The van der Waals surface area contributed by atoms with Gasteiger partial charge in [-0.15, -0.1) is 0 Å². The maximum atomic E-state index is 12.6. The number of esters is 2. The van der Waals surface area contributed by atoms with E-state index in [1.807, 2.05) is 6.92 Å². The van der Waals surface area contributed by atoms with Crippen LogP contribution in [0.3, 0.4) is 0 Å². The lowest BCUT2D eigenvalue weighted by Gasteiger charge is -2.41. The molecule has 1 saturated carbocycles. The maximum absolute atomic E-state index is 12.6. The monoisotopic (exact) mass is 670 g/mol. The molecule has 14 heteroatoms. The molecular formula is C31H59O13P. The van der Waals surface area contributed by atoms with Crippen LogP contribution in [0.2, 0.25) is 0 Å². The first-order chi connectivity index (χ1) is 21.4. The Hall–Kier alpha value is -1.15. The summed E-state index contributed by atoms with van der Waals surface area (Å²) in [6.07, 6.45) is 4.57. The van der Waals surface area contributed by atoms with Crippen LogP contribution in [-0.2, 0) is 32.7 Å². The molecule has 0 radical (unpaired) electrons. The van der Waals surface area contributed by atoms with Crippen molar-refractivity contribution in [3.8, 4) is 0 Å². The van der Waals surface area contributed by atoms with E-state index in [0.29, 0.717) is 12.8 Å². The van der Waals surface area contributed by atoms with E-state index in [2.05, 4.69) is 6.92 Å². The smallest absolute Gasteiger partial charge is 0.462 e. The summed E-state index contributed by atoms with van der Waals surface area (Å²) in [6.45, 7) is 3.02. The number of phosphoric acid groups is 1. The lowest BCUT2D eigenvalue weighted by Crippen LogP contribution is -2.64. The topological polar surface area (TPSA) is 210 Å². The molecule has 5 unspecified atom stereocenters. The number of carbonyl (C=O) groups is 2. The van der Waals surface area contributed by atoms with Gasteiger partial charge in [-0.25, -0.2) is 4.57 Å². The highest BCUT2D eigenvalue weighted by Crippen LogP contribution is 2.47. The number of carbonyl (C=O) groups excluding carboxylic acids is 2. The van der Waals surface area contributed by atoms with Crippen molar-refractivity contribution < 1.29 is 63.1 Å². The molecule has 0 bridgehead atoms. The van der Waals surface area contributed by atoms with Crippen molar-refractivity contribution in [2.24, 2.45) is 0 Å². The van der Waals surface area contributed by atoms with Crippen molar-refractivity contribution in [2.45, 2.75) is 172 Å². The van der Waals surface area contributed by atoms with Crippen LogP contribution in [0.5, 0.6) is 0 Å². The number of hydrogen-bond acceptors (Lipinski definition) is 12. The second kappa shape index (κ2) is 24.1. The van der Waals surface area contributed by atoms with Gasteiger partial charge in [0.2, 0.25) is 0 Å². The van der Waals surface area contributed by atoms with Crippen molar-refractivity contribution >= 4 is 19.8 Å². The predicted molar refractivity (Wildman–Crippen MR) is 166 cm³/mol. The molecule has 45 heavy (non-hydrogen) atoms. The zero-order valence-corrected chi connectivity index (χ0v) is 28.1. The highest BCUT2D eigenvalue weighted by molar-refractivity contribution is 7.47. The van der Waals surface area contributed by atoms with Gasteiger partial charge in [0.15, 0.2) is 6.10 Å². The molecule has 6 atom stereocenters. The Balaban J connectivity index is 2.46. The largest absolute Gasteiger partial charge is 0.472 e. The Bertz CT molecular complexity index is 828. The molecule has 0 aromatic carbocycles. The van der Waals surface area contributed by atoms with Crippen LogP contribution in [0.1, 0.15) is 129 Å². The Kier molecular flexibility index (Phi) is 22.4. The Morgan fingerprint density at radius 3 is 1.51 bits per heavy atom. The van der Waals surface area contributed by atoms with E-state index >= 15 is 0 Å². The van der Waals surface area contributed by atoms with Crippen LogP contribution < -0.4 is 0 Å². The van der Waals surface area contributed by atoms with Gasteiger partial charge in [0, 0.05) is 12.8 Å². The van der Waals surface area contributed by atoms with E-state index < -0.39 is 75.7 Å². The van der Waals surface area contributed by atoms with Gasteiger partial charge in [-0.2, -0.15) is 0 Å². The average Bonchev–Trinajstić information content (AvgIpc) is 3.01. The molecule has 13 nitrogen and oxygen atoms in total. The van der Waals surface area contributed by atoms with Crippen LogP contribution in [0.15, 0.2) is 0 Å². The molecule has 0 amide bonds. The minimum absolute atomic E-state index is 0.0864. The lowest BCUT2D eigenvalue weighted by atomic mass is 9.85.